The molecule has 4 aromatic rings. The Morgan fingerprint density at radius 2 is 1.62 bits per heavy atom. The van der Waals surface area contributed by atoms with Gasteiger partial charge < -0.3 is 19.5 Å². The van der Waals surface area contributed by atoms with E-state index in [-0.39, 0.29) is 40.0 Å². The van der Waals surface area contributed by atoms with Gasteiger partial charge in [0.1, 0.15) is 17.1 Å². The van der Waals surface area contributed by atoms with E-state index in [2.05, 4.69) is 25.4 Å². The second-order valence-electron chi connectivity index (χ2n) is 8.72. The number of nitrogens with one attached hydrogen (secondary N) is 2. The predicted octanol–water partition coefficient (Wildman–Crippen LogP) is 3.51. The van der Waals surface area contributed by atoms with Crippen molar-refractivity contribution in [1.29, 1.82) is 0 Å². The number of rotatable bonds is 9. The molecule has 0 radical (unpaired) electrons. The van der Waals surface area contributed by atoms with Crippen LogP contribution in [0.3, 0.4) is 0 Å². The minimum absolute atomic E-state index is 0.0240. The van der Waals surface area contributed by atoms with E-state index >= 15 is 0 Å². The number of pyridine rings is 1. The fourth-order valence-electron chi connectivity index (χ4n) is 3.78. The molecular weight excluding hydrogens is 583 g/mol. The summed E-state index contributed by atoms with van der Waals surface area (Å²) in [6, 6.07) is 6.99. The number of amides is 1. The van der Waals surface area contributed by atoms with Crippen molar-refractivity contribution in [3.8, 4) is 34.3 Å². The second-order valence-corrected chi connectivity index (χ2v) is 10.5. The topological polar surface area (TPSA) is 159 Å². The molecule has 0 saturated heterocycles. The molecule has 3 aromatic heterocycles. The van der Waals surface area contributed by atoms with Gasteiger partial charge in [-0.2, -0.15) is 23.3 Å². The number of ether oxygens (including phenoxy) is 3. The average Bonchev–Trinajstić information content (AvgIpc) is 3.33. The van der Waals surface area contributed by atoms with Crippen LogP contribution in [0.1, 0.15) is 21.7 Å². The fraction of sp³-hybridized carbons (Fsp3) is 0.240. The molecule has 42 heavy (non-hydrogen) atoms. The molecule has 13 nitrogen and oxygen atoms in total. The van der Waals surface area contributed by atoms with Gasteiger partial charge in [0, 0.05) is 53.1 Å². The lowest BCUT2D eigenvalue weighted by Gasteiger charge is -2.15. The molecule has 222 valence electrons. The zero-order chi connectivity index (χ0) is 30.8. The highest BCUT2D eigenvalue weighted by Gasteiger charge is 2.35. The van der Waals surface area contributed by atoms with E-state index in [1.165, 1.54) is 46.7 Å². The molecule has 0 unspecified atom stereocenters. The summed E-state index contributed by atoms with van der Waals surface area (Å²) in [6.45, 7) is 1.41. The lowest BCUT2D eigenvalue weighted by Crippen LogP contribution is -2.29. The average molecular weight is 608 g/mol. The normalized spacial score (nSPS) is 11.6. The molecule has 1 aromatic carbocycles. The summed E-state index contributed by atoms with van der Waals surface area (Å²) in [6.07, 6.45) is -1.39. The molecule has 0 bridgehead atoms. The molecule has 1 amide bonds. The first kappa shape index (κ1) is 30.0. The molecular formula is C25H24F3N7O6S. The van der Waals surface area contributed by atoms with Gasteiger partial charge in [-0.3, -0.25) is 4.79 Å². The van der Waals surface area contributed by atoms with Crippen molar-refractivity contribution in [3.63, 3.8) is 0 Å². The van der Waals surface area contributed by atoms with Crippen molar-refractivity contribution < 1.29 is 40.6 Å². The molecule has 0 aliphatic rings. The minimum Gasteiger partial charge on any atom is -0.497 e. The molecule has 4 rings (SSSR count). The van der Waals surface area contributed by atoms with Crippen LogP contribution in [0.4, 0.5) is 24.8 Å². The molecule has 0 aliphatic heterocycles. The smallest absolute Gasteiger partial charge is 0.435 e. The Morgan fingerprint density at radius 1 is 0.952 bits per heavy atom. The predicted molar refractivity (Wildman–Crippen MR) is 144 cm³/mol. The van der Waals surface area contributed by atoms with Crippen molar-refractivity contribution in [1.82, 2.24) is 29.5 Å². The highest BCUT2D eigenvalue weighted by molar-refractivity contribution is 7.89. The Morgan fingerprint density at radius 3 is 2.17 bits per heavy atom. The van der Waals surface area contributed by atoms with Crippen LogP contribution in [0.25, 0.3) is 16.9 Å². The maximum atomic E-state index is 13.5. The summed E-state index contributed by atoms with van der Waals surface area (Å²) in [5, 5.41) is 6.67. The van der Waals surface area contributed by atoms with Gasteiger partial charge in [-0.15, -0.1) is 0 Å². The Labute approximate surface area is 237 Å². The molecule has 3 heterocycles. The summed E-state index contributed by atoms with van der Waals surface area (Å²) in [4.78, 5) is 25.5. The van der Waals surface area contributed by atoms with Gasteiger partial charge in [0.05, 0.1) is 27.6 Å². The summed E-state index contributed by atoms with van der Waals surface area (Å²) in [5.74, 6) is -0.444. The van der Waals surface area contributed by atoms with E-state index in [0.29, 0.717) is 17.2 Å². The zero-order valence-electron chi connectivity index (χ0n) is 22.8. The van der Waals surface area contributed by atoms with Crippen molar-refractivity contribution >= 4 is 27.6 Å². The minimum atomic E-state index is -4.74. The Balaban J connectivity index is 1.89. The van der Waals surface area contributed by atoms with Gasteiger partial charge in [-0.1, -0.05) is 0 Å². The summed E-state index contributed by atoms with van der Waals surface area (Å²) < 4.78 is 82.3. The third kappa shape index (κ3) is 6.68. The summed E-state index contributed by atoms with van der Waals surface area (Å²) >= 11 is 0. The van der Waals surface area contributed by atoms with E-state index in [0.717, 1.165) is 17.0 Å². The Bertz CT molecular complexity index is 1740. The van der Waals surface area contributed by atoms with E-state index < -0.39 is 27.8 Å². The van der Waals surface area contributed by atoms with Crippen LogP contribution in [0.5, 0.6) is 17.4 Å². The maximum absolute atomic E-state index is 13.5. The standard InChI is InChI=1S/C25H24F3N7O6S/c1-13-6-20(25(26,27)28)33-35(13)21-19(14-7-18(23(41-4)29-11-14)22(36)34-42(5,37)38)12-30-24(32-21)31-15-8-16(39-2)10-17(9-15)40-3/h6-12H,1-5H3,(H,34,36)(H,30,31,32). The van der Waals surface area contributed by atoms with Gasteiger partial charge in [0.15, 0.2) is 11.5 Å². The number of benzene rings is 1. The number of nitrogens with zero attached hydrogens (tertiary/aromatic N) is 5. The molecule has 0 aliphatic carbocycles. The van der Waals surface area contributed by atoms with Crippen LogP contribution in [-0.4, -0.2) is 66.6 Å². The van der Waals surface area contributed by atoms with Crippen LogP contribution in [0, 0.1) is 6.92 Å². The van der Waals surface area contributed by atoms with Crippen LogP contribution >= 0.6 is 0 Å². The number of aromatic nitrogens is 5. The second kappa shape index (κ2) is 11.5. The molecule has 17 heteroatoms. The molecule has 2 N–H and O–H groups in total. The summed E-state index contributed by atoms with van der Waals surface area (Å²) in [5.41, 5.74) is -0.602. The van der Waals surface area contributed by atoms with E-state index in [4.69, 9.17) is 14.2 Å². The third-order valence-corrected chi connectivity index (χ3v) is 6.19. The first-order chi connectivity index (χ1) is 19.7. The number of hydrogen-bond acceptors (Lipinski definition) is 11. The van der Waals surface area contributed by atoms with Crippen LogP contribution in [0.15, 0.2) is 42.7 Å². The number of alkyl halides is 3. The van der Waals surface area contributed by atoms with Gasteiger partial charge in [0.25, 0.3) is 5.91 Å². The number of methoxy groups -OCH3 is 3. The highest BCUT2D eigenvalue weighted by atomic mass is 32.2. The van der Waals surface area contributed by atoms with Gasteiger partial charge in [0.2, 0.25) is 21.9 Å². The number of halogens is 3. The van der Waals surface area contributed by atoms with Crippen molar-refractivity contribution in [2.75, 3.05) is 32.9 Å². The van der Waals surface area contributed by atoms with E-state index in [9.17, 15) is 26.4 Å². The van der Waals surface area contributed by atoms with E-state index in [1.54, 1.807) is 18.2 Å². The van der Waals surface area contributed by atoms with Crippen molar-refractivity contribution in [2.45, 2.75) is 13.1 Å². The third-order valence-electron chi connectivity index (χ3n) is 5.63. The highest BCUT2D eigenvalue weighted by Crippen LogP contribution is 2.34. The number of aryl methyl sites for hydroxylation is 1. The zero-order valence-corrected chi connectivity index (χ0v) is 23.6. The lowest BCUT2D eigenvalue weighted by molar-refractivity contribution is -0.141. The lowest BCUT2D eigenvalue weighted by atomic mass is 10.1. The van der Waals surface area contributed by atoms with Gasteiger partial charge in [-0.05, 0) is 19.1 Å². The van der Waals surface area contributed by atoms with Crippen LogP contribution < -0.4 is 24.2 Å². The fourth-order valence-corrected chi connectivity index (χ4v) is 4.23. The quantitative estimate of drug-likeness (QED) is 0.287. The van der Waals surface area contributed by atoms with Crippen LogP contribution in [0.2, 0.25) is 0 Å². The van der Waals surface area contributed by atoms with Crippen molar-refractivity contribution in [3.05, 3.63) is 59.7 Å². The summed E-state index contributed by atoms with van der Waals surface area (Å²) in [7, 11) is 0.220. The number of sulfonamides is 1. The largest absolute Gasteiger partial charge is 0.497 e. The molecule has 0 fully saturated rings. The van der Waals surface area contributed by atoms with Gasteiger partial charge >= 0.3 is 6.18 Å². The number of anilines is 2. The SMILES string of the molecule is COc1cc(Nc2ncc(-c3cnc(OC)c(C(=O)NS(C)(=O)=O)c3)c(-n3nc(C(F)(F)F)cc3C)n2)cc(OC)c1. The van der Waals surface area contributed by atoms with Crippen molar-refractivity contribution in [2.24, 2.45) is 0 Å². The van der Waals surface area contributed by atoms with Gasteiger partial charge in [-0.25, -0.2) is 27.8 Å². The number of carbonyl (C=O) groups excluding carboxylic acids is 1. The number of hydrogen-bond donors (Lipinski definition) is 2. The molecule has 0 atom stereocenters. The number of carbonyl (C=O) groups is 1. The Kier molecular flexibility index (Phi) is 8.24. The molecule has 0 saturated carbocycles. The first-order valence-corrected chi connectivity index (χ1v) is 13.7. The van der Waals surface area contributed by atoms with E-state index in [1.807, 2.05) is 4.72 Å². The van der Waals surface area contributed by atoms with Crippen LogP contribution in [-0.2, 0) is 16.2 Å². The molecule has 0 spiro atoms. The first-order valence-electron chi connectivity index (χ1n) is 11.8. The maximum Gasteiger partial charge on any atom is 0.435 e. The monoisotopic (exact) mass is 607 g/mol. The Hall–Kier alpha value is -4.93.